The standard InChI is InChI=1S/C17H18N4O4/c1-2-18-17(23)12-5-3-7-14(9-12)20-16(22)11-19-13-6-4-8-15(10-13)21(24)25/h3-10,19H,2,11H2,1H3,(H,18,23)(H,20,22). The Kier molecular flexibility index (Phi) is 6.05. The van der Waals surface area contributed by atoms with E-state index in [1.165, 1.54) is 18.2 Å². The van der Waals surface area contributed by atoms with Gasteiger partial charge in [0.2, 0.25) is 5.91 Å². The van der Waals surface area contributed by atoms with Crippen LogP contribution in [0.25, 0.3) is 0 Å². The fourth-order valence-electron chi connectivity index (χ4n) is 2.12. The molecule has 0 saturated carbocycles. The van der Waals surface area contributed by atoms with Gasteiger partial charge in [-0.15, -0.1) is 0 Å². The van der Waals surface area contributed by atoms with Gasteiger partial charge in [-0.05, 0) is 31.2 Å². The highest BCUT2D eigenvalue weighted by Crippen LogP contribution is 2.17. The van der Waals surface area contributed by atoms with E-state index in [-0.39, 0.29) is 24.0 Å². The number of non-ortho nitro benzene ring substituents is 1. The molecule has 0 aliphatic rings. The maximum Gasteiger partial charge on any atom is 0.271 e. The molecule has 8 heteroatoms. The summed E-state index contributed by atoms with van der Waals surface area (Å²) in [6, 6.07) is 12.5. The van der Waals surface area contributed by atoms with Gasteiger partial charge in [0.1, 0.15) is 0 Å². The molecule has 0 spiro atoms. The van der Waals surface area contributed by atoms with E-state index in [2.05, 4.69) is 16.0 Å². The van der Waals surface area contributed by atoms with Crippen LogP contribution in [0, 0.1) is 10.1 Å². The molecule has 2 aromatic rings. The van der Waals surface area contributed by atoms with Gasteiger partial charge in [-0.25, -0.2) is 0 Å². The van der Waals surface area contributed by atoms with E-state index in [1.807, 2.05) is 6.92 Å². The van der Waals surface area contributed by atoms with Crippen LogP contribution >= 0.6 is 0 Å². The maximum atomic E-state index is 12.0. The number of hydrogen-bond acceptors (Lipinski definition) is 5. The molecule has 2 amide bonds. The molecule has 0 aromatic heterocycles. The van der Waals surface area contributed by atoms with Crippen LogP contribution in [0.2, 0.25) is 0 Å². The summed E-state index contributed by atoms with van der Waals surface area (Å²) < 4.78 is 0. The van der Waals surface area contributed by atoms with Crippen LogP contribution in [0.1, 0.15) is 17.3 Å². The Morgan fingerprint density at radius 2 is 1.80 bits per heavy atom. The number of hydrogen-bond donors (Lipinski definition) is 3. The Morgan fingerprint density at radius 1 is 1.08 bits per heavy atom. The summed E-state index contributed by atoms with van der Waals surface area (Å²) in [5, 5.41) is 18.9. The number of nitro benzene ring substituents is 1. The van der Waals surface area contributed by atoms with Crippen molar-refractivity contribution in [3.8, 4) is 0 Å². The van der Waals surface area contributed by atoms with Gasteiger partial charge in [0, 0.05) is 35.6 Å². The number of carbonyl (C=O) groups excluding carboxylic acids is 2. The number of rotatable bonds is 7. The Labute approximate surface area is 144 Å². The molecule has 25 heavy (non-hydrogen) atoms. The van der Waals surface area contributed by atoms with E-state index >= 15 is 0 Å². The largest absolute Gasteiger partial charge is 0.376 e. The molecule has 0 aliphatic carbocycles. The average molecular weight is 342 g/mol. The average Bonchev–Trinajstić information content (AvgIpc) is 2.60. The highest BCUT2D eigenvalue weighted by Gasteiger charge is 2.09. The van der Waals surface area contributed by atoms with E-state index in [4.69, 9.17) is 0 Å². The molecule has 0 radical (unpaired) electrons. The number of anilines is 2. The highest BCUT2D eigenvalue weighted by molar-refractivity contribution is 5.98. The van der Waals surface area contributed by atoms with E-state index < -0.39 is 4.92 Å². The van der Waals surface area contributed by atoms with E-state index in [0.717, 1.165) is 0 Å². The Bertz CT molecular complexity index is 792. The second-order valence-corrected chi connectivity index (χ2v) is 5.15. The topological polar surface area (TPSA) is 113 Å². The first-order valence-electron chi connectivity index (χ1n) is 7.66. The number of benzene rings is 2. The smallest absolute Gasteiger partial charge is 0.271 e. The van der Waals surface area contributed by atoms with Crippen molar-refractivity contribution in [3.05, 3.63) is 64.2 Å². The highest BCUT2D eigenvalue weighted by atomic mass is 16.6. The summed E-state index contributed by atoms with van der Waals surface area (Å²) in [5.41, 5.74) is 1.36. The molecule has 0 bridgehead atoms. The van der Waals surface area contributed by atoms with Gasteiger partial charge in [-0.3, -0.25) is 19.7 Å². The normalized spacial score (nSPS) is 9.96. The SMILES string of the molecule is CCNC(=O)c1cccc(NC(=O)CNc2cccc([N+](=O)[O-])c2)c1. The van der Waals surface area contributed by atoms with E-state index in [0.29, 0.717) is 23.5 Å². The van der Waals surface area contributed by atoms with Crippen LogP contribution in [-0.2, 0) is 4.79 Å². The summed E-state index contributed by atoms with van der Waals surface area (Å²) in [6.45, 7) is 2.28. The molecule has 130 valence electrons. The summed E-state index contributed by atoms with van der Waals surface area (Å²) in [5.74, 6) is -0.548. The predicted molar refractivity (Wildman–Crippen MR) is 94.7 cm³/mol. The minimum atomic E-state index is -0.502. The summed E-state index contributed by atoms with van der Waals surface area (Å²) >= 11 is 0. The Morgan fingerprint density at radius 3 is 2.52 bits per heavy atom. The molecular formula is C17H18N4O4. The van der Waals surface area contributed by atoms with Gasteiger partial charge >= 0.3 is 0 Å². The lowest BCUT2D eigenvalue weighted by Gasteiger charge is -2.09. The Balaban J connectivity index is 1.94. The van der Waals surface area contributed by atoms with E-state index in [1.54, 1.807) is 30.3 Å². The fourth-order valence-corrected chi connectivity index (χ4v) is 2.12. The van der Waals surface area contributed by atoms with Crippen molar-refractivity contribution < 1.29 is 14.5 Å². The third kappa shape index (κ3) is 5.31. The van der Waals surface area contributed by atoms with Crippen LogP contribution in [0.4, 0.5) is 17.1 Å². The molecule has 0 heterocycles. The number of nitrogens with one attached hydrogen (secondary N) is 3. The minimum absolute atomic E-state index is 0.0555. The summed E-state index contributed by atoms with van der Waals surface area (Å²) in [4.78, 5) is 34.0. The minimum Gasteiger partial charge on any atom is -0.376 e. The van der Waals surface area contributed by atoms with Crippen molar-refractivity contribution in [2.24, 2.45) is 0 Å². The van der Waals surface area contributed by atoms with Crippen LogP contribution in [0.5, 0.6) is 0 Å². The molecule has 2 rings (SSSR count). The van der Waals surface area contributed by atoms with Crippen LogP contribution < -0.4 is 16.0 Å². The number of amides is 2. The number of nitrogens with zero attached hydrogens (tertiary/aromatic N) is 1. The zero-order valence-electron chi connectivity index (χ0n) is 13.6. The second kappa shape index (κ2) is 8.44. The lowest BCUT2D eigenvalue weighted by Crippen LogP contribution is -2.24. The van der Waals surface area contributed by atoms with Crippen molar-refractivity contribution in [2.45, 2.75) is 6.92 Å². The first-order valence-corrected chi connectivity index (χ1v) is 7.66. The summed E-state index contributed by atoms with van der Waals surface area (Å²) in [6.07, 6.45) is 0. The van der Waals surface area contributed by atoms with Crippen molar-refractivity contribution >= 4 is 28.9 Å². The Hall–Kier alpha value is -3.42. The number of carbonyl (C=O) groups is 2. The molecule has 2 aromatic carbocycles. The molecule has 0 saturated heterocycles. The first kappa shape index (κ1) is 17.9. The zero-order chi connectivity index (χ0) is 18.2. The van der Waals surface area contributed by atoms with Crippen molar-refractivity contribution in [1.82, 2.24) is 5.32 Å². The molecular weight excluding hydrogens is 324 g/mol. The van der Waals surface area contributed by atoms with Gasteiger partial charge < -0.3 is 16.0 Å². The molecule has 0 aliphatic heterocycles. The fraction of sp³-hybridized carbons (Fsp3) is 0.176. The summed E-state index contributed by atoms with van der Waals surface area (Å²) in [7, 11) is 0. The molecule has 0 fully saturated rings. The molecule has 0 unspecified atom stereocenters. The van der Waals surface area contributed by atoms with Crippen LogP contribution in [0.15, 0.2) is 48.5 Å². The third-order valence-electron chi connectivity index (χ3n) is 3.26. The quantitative estimate of drug-likeness (QED) is 0.528. The van der Waals surface area contributed by atoms with Crippen molar-refractivity contribution in [2.75, 3.05) is 23.7 Å². The lowest BCUT2D eigenvalue weighted by atomic mass is 10.2. The van der Waals surface area contributed by atoms with Gasteiger partial charge in [0.05, 0.1) is 11.5 Å². The number of nitro groups is 1. The van der Waals surface area contributed by atoms with Gasteiger partial charge in [-0.2, -0.15) is 0 Å². The van der Waals surface area contributed by atoms with Crippen molar-refractivity contribution in [3.63, 3.8) is 0 Å². The maximum absolute atomic E-state index is 12.0. The van der Waals surface area contributed by atoms with Gasteiger partial charge in [0.25, 0.3) is 11.6 Å². The predicted octanol–water partition coefficient (Wildman–Crippen LogP) is 2.40. The van der Waals surface area contributed by atoms with Crippen LogP contribution in [0.3, 0.4) is 0 Å². The zero-order valence-corrected chi connectivity index (χ0v) is 13.6. The van der Waals surface area contributed by atoms with E-state index in [9.17, 15) is 19.7 Å². The lowest BCUT2D eigenvalue weighted by molar-refractivity contribution is -0.384. The molecule has 0 atom stereocenters. The third-order valence-corrected chi connectivity index (χ3v) is 3.26. The van der Waals surface area contributed by atoms with Crippen molar-refractivity contribution in [1.29, 1.82) is 0 Å². The first-order chi connectivity index (χ1) is 12.0. The molecule has 8 nitrogen and oxygen atoms in total. The van der Waals surface area contributed by atoms with Crippen LogP contribution in [-0.4, -0.2) is 29.8 Å². The van der Waals surface area contributed by atoms with Gasteiger partial charge in [-0.1, -0.05) is 12.1 Å². The monoisotopic (exact) mass is 342 g/mol. The van der Waals surface area contributed by atoms with Gasteiger partial charge in [0.15, 0.2) is 0 Å². The second-order valence-electron chi connectivity index (χ2n) is 5.15. The molecule has 3 N–H and O–H groups in total.